The first-order chi connectivity index (χ1) is 11.0. The highest BCUT2D eigenvalue weighted by Gasteiger charge is 2.12. The minimum atomic E-state index is -0.396. The molecule has 0 aliphatic rings. The quantitative estimate of drug-likeness (QED) is 0.769. The van der Waals surface area contributed by atoms with E-state index in [1.807, 2.05) is 13.8 Å². The topological polar surface area (TPSA) is 83.4 Å². The molecule has 0 saturated heterocycles. The van der Waals surface area contributed by atoms with Crippen molar-refractivity contribution in [2.75, 3.05) is 10.6 Å². The van der Waals surface area contributed by atoms with Gasteiger partial charge in [-0.1, -0.05) is 18.5 Å². The molecule has 3 N–H and O–H groups in total. The molecule has 1 atom stereocenters. The van der Waals surface area contributed by atoms with Gasteiger partial charge in [0.15, 0.2) is 5.76 Å². The van der Waals surface area contributed by atoms with Gasteiger partial charge < -0.3 is 20.4 Å². The predicted molar refractivity (Wildman–Crippen MR) is 90.0 cm³/mol. The average Bonchev–Trinajstić information content (AvgIpc) is 3.04. The number of benzene rings is 1. The van der Waals surface area contributed by atoms with Gasteiger partial charge in [-0.2, -0.15) is 0 Å². The summed E-state index contributed by atoms with van der Waals surface area (Å²) in [5.74, 6) is -0.205. The third-order valence-electron chi connectivity index (χ3n) is 3.21. The Bertz CT molecular complexity index is 686. The van der Waals surface area contributed by atoms with Crippen molar-refractivity contribution in [2.24, 2.45) is 0 Å². The highest BCUT2D eigenvalue weighted by molar-refractivity contribution is 6.34. The van der Waals surface area contributed by atoms with Gasteiger partial charge in [0.05, 0.1) is 17.0 Å². The third kappa shape index (κ3) is 4.75. The Morgan fingerprint density at radius 3 is 2.65 bits per heavy atom. The van der Waals surface area contributed by atoms with Crippen LogP contribution in [0.25, 0.3) is 0 Å². The van der Waals surface area contributed by atoms with Gasteiger partial charge in [0.2, 0.25) is 0 Å². The van der Waals surface area contributed by atoms with Crippen LogP contribution in [0.1, 0.15) is 30.8 Å². The van der Waals surface area contributed by atoms with E-state index in [1.54, 1.807) is 30.3 Å². The van der Waals surface area contributed by atoms with Crippen molar-refractivity contribution in [3.63, 3.8) is 0 Å². The minimum Gasteiger partial charge on any atom is -0.459 e. The SMILES string of the molecule is CCC(C)NC(=O)Nc1ccc(NC(=O)c2ccco2)c(Cl)c1. The summed E-state index contributed by atoms with van der Waals surface area (Å²) in [4.78, 5) is 23.7. The van der Waals surface area contributed by atoms with E-state index >= 15 is 0 Å². The maximum absolute atomic E-state index is 11.9. The summed E-state index contributed by atoms with van der Waals surface area (Å²) < 4.78 is 5.01. The number of hydrogen-bond donors (Lipinski definition) is 3. The second-order valence-electron chi connectivity index (χ2n) is 5.03. The molecule has 0 bridgehead atoms. The summed E-state index contributed by atoms with van der Waals surface area (Å²) in [5.41, 5.74) is 0.966. The molecule has 0 aliphatic heterocycles. The van der Waals surface area contributed by atoms with E-state index in [2.05, 4.69) is 16.0 Å². The van der Waals surface area contributed by atoms with Crippen molar-refractivity contribution < 1.29 is 14.0 Å². The van der Waals surface area contributed by atoms with Gasteiger partial charge in [-0.05, 0) is 43.7 Å². The molecule has 3 amide bonds. The maximum atomic E-state index is 11.9. The van der Waals surface area contributed by atoms with E-state index in [0.717, 1.165) is 6.42 Å². The molecule has 2 rings (SSSR count). The normalized spacial score (nSPS) is 11.6. The average molecular weight is 336 g/mol. The van der Waals surface area contributed by atoms with E-state index in [9.17, 15) is 9.59 Å². The molecule has 1 aromatic heterocycles. The van der Waals surface area contributed by atoms with Crippen LogP contribution in [-0.4, -0.2) is 18.0 Å². The van der Waals surface area contributed by atoms with E-state index in [4.69, 9.17) is 16.0 Å². The van der Waals surface area contributed by atoms with E-state index < -0.39 is 5.91 Å². The Morgan fingerprint density at radius 2 is 2.04 bits per heavy atom. The summed E-state index contributed by atoms with van der Waals surface area (Å²) in [5, 5.41) is 8.43. The van der Waals surface area contributed by atoms with Crippen molar-refractivity contribution >= 4 is 34.9 Å². The Hall–Kier alpha value is -2.47. The molecule has 0 radical (unpaired) electrons. The molecule has 1 aromatic carbocycles. The standard InChI is InChI=1S/C16H18ClN3O3/c1-3-10(2)18-16(22)19-11-6-7-13(12(17)9-11)20-15(21)14-5-4-8-23-14/h4-10H,3H2,1-2H3,(H,20,21)(H2,18,19,22). The summed E-state index contributed by atoms with van der Waals surface area (Å²) in [6, 6.07) is 7.79. The fourth-order valence-corrected chi connectivity index (χ4v) is 2.01. The first-order valence-electron chi connectivity index (χ1n) is 7.21. The van der Waals surface area contributed by atoms with Gasteiger partial charge in [0, 0.05) is 11.7 Å². The molecule has 1 unspecified atom stereocenters. The van der Waals surface area contributed by atoms with Gasteiger partial charge in [-0.25, -0.2) is 4.79 Å². The molecule has 0 aliphatic carbocycles. The Kier molecular flexibility index (Phi) is 5.65. The van der Waals surface area contributed by atoms with Gasteiger partial charge >= 0.3 is 6.03 Å². The molecule has 23 heavy (non-hydrogen) atoms. The number of carbonyl (C=O) groups is 2. The van der Waals surface area contributed by atoms with Crippen molar-refractivity contribution in [1.29, 1.82) is 0 Å². The van der Waals surface area contributed by atoms with Crippen molar-refractivity contribution in [3.8, 4) is 0 Å². The van der Waals surface area contributed by atoms with Crippen LogP contribution in [0, 0.1) is 0 Å². The van der Waals surface area contributed by atoms with Gasteiger partial charge in [-0.3, -0.25) is 4.79 Å². The number of anilines is 2. The van der Waals surface area contributed by atoms with E-state index in [0.29, 0.717) is 16.4 Å². The van der Waals surface area contributed by atoms with Crippen LogP contribution in [0.2, 0.25) is 5.02 Å². The molecule has 7 heteroatoms. The minimum absolute atomic E-state index is 0.0809. The van der Waals surface area contributed by atoms with Gasteiger partial charge in [-0.15, -0.1) is 0 Å². The van der Waals surface area contributed by atoms with Crippen LogP contribution >= 0.6 is 11.6 Å². The summed E-state index contributed by atoms with van der Waals surface area (Å²) in [7, 11) is 0. The van der Waals surface area contributed by atoms with Crippen molar-refractivity contribution in [2.45, 2.75) is 26.3 Å². The number of urea groups is 1. The van der Waals surface area contributed by atoms with Gasteiger partial charge in [0.25, 0.3) is 5.91 Å². The summed E-state index contributed by atoms with van der Waals surface area (Å²) in [6.07, 6.45) is 2.26. The molecule has 1 heterocycles. The number of amides is 3. The van der Waals surface area contributed by atoms with Crippen LogP contribution in [0.3, 0.4) is 0 Å². The molecule has 122 valence electrons. The number of rotatable bonds is 5. The van der Waals surface area contributed by atoms with E-state index in [-0.39, 0.29) is 17.8 Å². The fourth-order valence-electron chi connectivity index (χ4n) is 1.78. The van der Waals surface area contributed by atoms with Crippen LogP contribution in [0.5, 0.6) is 0 Å². The lowest BCUT2D eigenvalue weighted by Gasteiger charge is -2.13. The number of nitrogens with one attached hydrogen (secondary N) is 3. The van der Waals surface area contributed by atoms with Crippen LogP contribution in [0.15, 0.2) is 41.0 Å². The molecule has 6 nitrogen and oxygen atoms in total. The third-order valence-corrected chi connectivity index (χ3v) is 3.52. The monoisotopic (exact) mass is 335 g/mol. The molecule has 0 spiro atoms. The largest absolute Gasteiger partial charge is 0.459 e. The molecule has 0 saturated carbocycles. The summed E-state index contributed by atoms with van der Waals surface area (Å²) >= 11 is 6.13. The van der Waals surface area contributed by atoms with Crippen LogP contribution in [0.4, 0.5) is 16.2 Å². The lowest BCUT2D eigenvalue weighted by molar-refractivity contribution is 0.0996. The highest BCUT2D eigenvalue weighted by atomic mass is 35.5. The fraction of sp³-hybridized carbons (Fsp3) is 0.250. The number of halogens is 1. The molecule has 0 fully saturated rings. The zero-order valence-corrected chi connectivity index (χ0v) is 13.6. The van der Waals surface area contributed by atoms with E-state index in [1.165, 1.54) is 6.26 Å². The zero-order valence-electron chi connectivity index (χ0n) is 12.9. The Morgan fingerprint density at radius 1 is 1.26 bits per heavy atom. The predicted octanol–water partition coefficient (Wildman–Crippen LogP) is 4.11. The molecule has 2 aromatic rings. The lowest BCUT2D eigenvalue weighted by Crippen LogP contribution is -2.35. The highest BCUT2D eigenvalue weighted by Crippen LogP contribution is 2.26. The molecular weight excluding hydrogens is 318 g/mol. The Balaban J connectivity index is 2.00. The van der Waals surface area contributed by atoms with Crippen LogP contribution < -0.4 is 16.0 Å². The smallest absolute Gasteiger partial charge is 0.319 e. The Labute approximate surface area is 139 Å². The van der Waals surface area contributed by atoms with Crippen LogP contribution in [-0.2, 0) is 0 Å². The number of hydrogen-bond acceptors (Lipinski definition) is 3. The number of carbonyl (C=O) groups excluding carboxylic acids is 2. The second kappa shape index (κ2) is 7.69. The summed E-state index contributed by atoms with van der Waals surface area (Å²) in [6.45, 7) is 3.90. The van der Waals surface area contributed by atoms with Crippen molar-refractivity contribution in [1.82, 2.24) is 5.32 Å². The first kappa shape index (κ1) is 16.9. The first-order valence-corrected chi connectivity index (χ1v) is 7.59. The molecular formula is C16H18ClN3O3. The van der Waals surface area contributed by atoms with Crippen molar-refractivity contribution in [3.05, 3.63) is 47.4 Å². The van der Waals surface area contributed by atoms with Gasteiger partial charge in [0.1, 0.15) is 0 Å². The number of furan rings is 1. The second-order valence-corrected chi connectivity index (χ2v) is 5.44. The maximum Gasteiger partial charge on any atom is 0.319 e. The lowest BCUT2D eigenvalue weighted by atomic mass is 10.2. The zero-order chi connectivity index (χ0) is 16.8.